The molecule has 1 aliphatic heterocycles. The molecule has 84 valence electrons. The number of benzene rings is 1. The van der Waals surface area contributed by atoms with Crippen LogP contribution in [0.1, 0.15) is 21.5 Å². The first kappa shape index (κ1) is 10.5. The summed E-state index contributed by atoms with van der Waals surface area (Å²) < 4.78 is 13.4. The van der Waals surface area contributed by atoms with Gasteiger partial charge in [0.25, 0.3) is 0 Å². The maximum absolute atomic E-state index is 13.4. The van der Waals surface area contributed by atoms with Crippen molar-refractivity contribution in [2.75, 3.05) is 6.54 Å². The monoisotopic (exact) mass is 224 g/mol. The van der Waals surface area contributed by atoms with Gasteiger partial charge in [-0.3, -0.25) is 5.01 Å². The van der Waals surface area contributed by atoms with Crippen molar-refractivity contribution in [1.29, 1.82) is 0 Å². The highest BCUT2D eigenvalue weighted by Gasteiger charge is 2.24. The molecular formula is C10H9FN2O3. The van der Waals surface area contributed by atoms with E-state index in [0.29, 0.717) is 18.5 Å². The molecule has 0 saturated heterocycles. The van der Waals surface area contributed by atoms with E-state index in [0.717, 1.165) is 11.6 Å². The van der Waals surface area contributed by atoms with E-state index in [1.165, 1.54) is 5.01 Å². The van der Waals surface area contributed by atoms with Crippen molar-refractivity contribution in [2.24, 2.45) is 5.29 Å². The summed E-state index contributed by atoms with van der Waals surface area (Å²) in [4.78, 5) is 21.3. The zero-order valence-electron chi connectivity index (χ0n) is 8.31. The standard InChI is InChI=1S/C10H9FN2O3/c11-8-2-1-6-3-4-13(12-16)5-7(6)9(8)10(14)15/h1-2H,3-5H2,(H,14,15). The lowest BCUT2D eigenvalue weighted by molar-refractivity contribution is 0.0688. The average molecular weight is 224 g/mol. The van der Waals surface area contributed by atoms with E-state index in [4.69, 9.17) is 5.11 Å². The zero-order valence-corrected chi connectivity index (χ0v) is 8.31. The van der Waals surface area contributed by atoms with Gasteiger partial charge in [0.1, 0.15) is 11.4 Å². The lowest BCUT2D eigenvalue weighted by Gasteiger charge is -2.24. The third kappa shape index (κ3) is 1.62. The Balaban J connectivity index is 2.53. The highest BCUT2D eigenvalue weighted by atomic mass is 19.1. The smallest absolute Gasteiger partial charge is 0.339 e. The predicted octanol–water partition coefficient (Wildman–Crippen LogP) is 1.56. The van der Waals surface area contributed by atoms with Crippen molar-refractivity contribution >= 4 is 5.97 Å². The van der Waals surface area contributed by atoms with Gasteiger partial charge in [-0.05, 0) is 23.6 Å². The molecule has 0 amide bonds. The van der Waals surface area contributed by atoms with Gasteiger partial charge >= 0.3 is 5.97 Å². The topological polar surface area (TPSA) is 70.0 Å². The number of nitroso groups, excluding NO2 is 1. The van der Waals surface area contributed by atoms with Gasteiger partial charge in [-0.15, -0.1) is 4.91 Å². The molecule has 1 aliphatic rings. The second-order valence-electron chi connectivity index (χ2n) is 3.59. The number of carbonyl (C=O) groups is 1. The number of hydrogen-bond donors (Lipinski definition) is 1. The van der Waals surface area contributed by atoms with Crippen molar-refractivity contribution in [1.82, 2.24) is 5.01 Å². The van der Waals surface area contributed by atoms with Crippen LogP contribution in [-0.4, -0.2) is 22.6 Å². The van der Waals surface area contributed by atoms with Crippen molar-refractivity contribution in [3.05, 3.63) is 39.5 Å². The van der Waals surface area contributed by atoms with Crippen LogP contribution >= 0.6 is 0 Å². The van der Waals surface area contributed by atoms with Gasteiger partial charge in [-0.1, -0.05) is 6.07 Å². The van der Waals surface area contributed by atoms with Crippen LogP contribution in [0.25, 0.3) is 0 Å². The SMILES string of the molecule is O=NN1CCc2ccc(F)c(C(=O)O)c2C1. The highest BCUT2D eigenvalue weighted by molar-refractivity contribution is 5.90. The van der Waals surface area contributed by atoms with Crippen LogP contribution in [0.3, 0.4) is 0 Å². The molecule has 6 heteroatoms. The number of rotatable bonds is 2. The first-order chi connectivity index (χ1) is 7.63. The predicted molar refractivity (Wildman–Crippen MR) is 53.3 cm³/mol. The number of carboxylic acids is 1. The molecule has 0 aromatic heterocycles. The third-order valence-corrected chi connectivity index (χ3v) is 2.67. The Bertz CT molecular complexity index is 462. The van der Waals surface area contributed by atoms with Crippen molar-refractivity contribution in [2.45, 2.75) is 13.0 Å². The van der Waals surface area contributed by atoms with E-state index in [-0.39, 0.29) is 12.1 Å². The molecule has 0 fully saturated rings. The molecular weight excluding hydrogens is 215 g/mol. The summed E-state index contributed by atoms with van der Waals surface area (Å²) >= 11 is 0. The molecule has 1 N–H and O–H groups in total. The molecule has 1 aromatic rings. The number of hydrogen-bond acceptors (Lipinski definition) is 3. The van der Waals surface area contributed by atoms with Gasteiger partial charge in [0.05, 0.1) is 11.8 Å². The van der Waals surface area contributed by atoms with Crippen LogP contribution in [-0.2, 0) is 13.0 Å². The van der Waals surface area contributed by atoms with E-state index in [1.54, 1.807) is 6.07 Å². The van der Waals surface area contributed by atoms with Crippen LogP contribution in [0.2, 0.25) is 0 Å². The van der Waals surface area contributed by atoms with Crippen LogP contribution in [0, 0.1) is 10.7 Å². The minimum atomic E-state index is -1.32. The van der Waals surface area contributed by atoms with E-state index in [1.807, 2.05) is 0 Å². The molecule has 0 bridgehead atoms. The highest BCUT2D eigenvalue weighted by Crippen LogP contribution is 2.25. The van der Waals surface area contributed by atoms with Crippen LogP contribution < -0.4 is 0 Å². The lowest BCUT2D eigenvalue weighted by Crippen LogP contribution is -2.27. The molecule has 0 saturated carbocycles. The Labute approximate surface area is 90.4 Å². The minimum Gasteiger partial charge on any atom is -0.478 e. The van der Waals surface area contributed by atoms with Gasteiger partial charge in [0.2, 0.25) is 0 Å². The summed E-state index contributed by atoms with van der Waals surface area (Å²) in [7, 11) is 0. The van der Waals surface area contributed by atoms with Gasteiger partial charge in [-0.2, -0.15) is 0 Å². The Morgan fingerprint density at radius 2 is 2.25 bits per heavy atom. The van der Waals surface area contributed by atoms with Crippen LogP contribution in [0.5, 0.6) is 0 Å². The van der Waals surface area contributed by atoms with Crippen molar-refractivity contribution < 1.29 is 14.3 Å². The zero-order chi connectivity index (χ0) is 11.7. The molecule has 0 atom stereocenters. The summed E-state index contributed by atoms with van der Waals surface area (Å²) in [5.41, 5.74) is 0.753. The number of halogens is 1. The van der Waals surface area contributed by atoms with E-state index in [2.05, 4.69) is 5.29 Å². The maximum Gasteiger partial charge on any atom is 0.339 e. The summed E-state index contributed by atoms with van der Waals surface area (Å²) in [6, 6.07) is 2.70. The number of carboxylic acid groups (broad SMARTS) is 1. The fraction of sp³-hybridized carbons (Fsp3) is 0.300. The third-order valence-electron chi connectivity index (χ3n) is 2.67. The fourth-order valence-corrected chi connectivity index (χ4v) is 1.89. The van der Waals surface area contributed by atoms with E-state index >= 15 is 0 Å². The molecule has 1 aromatic carbocycles. The van der Waals surface area contributed by atoms with Crippen molar-refractivity contribution in [3.63, 3.8) is 0 Å². The number of aromatic carboxylic acids is 1. The second kappa shape index (κ2) is 3.88. The Hall–Kier alpha value is -1.98. The Kier molecular flexibility index (Phi) is 2.55. The number of nitrogens with zero attached hydrogens (tertiary/aromatic N) is 2. The van der Waals surface area contributed by atoms with Crippen LogP contribution in [0.15, 0.2) is 17.4 Å². The van der Waals surface area contributed by atoms with Gasteiger partial charge in [-0.25, -0.2) is 9.18 Å². The van der Waals surface area contributed by atoms with E-state index in [9.17, 15) is 14.1 Å². The Morgan fingerprint density at radius 3 is 2.88 bits per heavy atom. The molecule has 5 nitrogen and oxygen atoms in total. The summed E-state index contributed by atoms with van der Waals surface area (Å²) in [6.45, 7) is 0.486. The largest absolute Gasteiger partial charge is 0.478 e. The fourth-order valence-electron chi connectivity index (χ4n) is 1.89. The molecule has 0 unspecified atom stereocenters. The summed E-state index contributed by atoms with van der Waals surface area (Å²) in [5.74, 6) is -2.10. The molecule has 2 rings (SSSR count). The molecule has 0 radical (unpaired) electrons. The normalized spacial score (nSPS) is 14.4. The molecule has 0 spiro atoms. The number of fused-ring (bicyclic) bond motifs is 1. The van der Waals surface area contributed by atoms with Crippen molar-refractivity contribution in [3.8, 4) is 0 Å². The van der Waals surface area contributed by atoms with Crippen LogP contribution in [0.4, 0.5) is 4.39 Å². The summed E-state index contributed by atoms with van der Waals surface area (Å²) in [5, 5.41) is 12.8. The lowest BCUT2D eigenvalue weighted by atomic mass is 9.95. The first-order valence-corrected chi connectivity index (χ1v) is 4.75. The quantitative estimate of drug-likeness (QED) is 0.774. The summed E-state index contributed by atoms with van der Waals surface area (Å²) in [6.07, 6.45) is 0.502. The molecule has 16 heavy (non-hydrogen) atoms. The van der Waals surface area contributed by atoms with Gasteiger partial charge < -0.3 is 5.11 Å². The second-order valence-corrected chi connectivity index (χ2v) is 3.59. The average Bonchev–Trinajstić information content (AvgIpc) is 2.27. The minimum absolute atomic E-state index is 0.0538. The van der Waals surface area contributed by atoms with Gasteiger partial charge in [0, 0.05) is 6.54 Å². The molecule has 1 heterocycles. The molecule has 0 aliphatic carbocycles. The van der Waals surface area contributed by atoms with Gasteiger partial charge in [0.15, 0.2) is 0 Å². The maximum atomic E-state index is 13.4. The first-order valence-electron chi connectivity index (χ1n) is 4.75. The Morgan fingerprint density at radius 1 is 1.50 bits per heavy atom. The van der Waals surface area contributed by atoms with E-state index < -0.39 is 11.8 Å².